The van der Waals surface area contributed by atoms with E-state index in [4.69, 9.17) is 10.5 Å². The Morgan fingerprint density at radius 3 is 2.67 bits per heavy atom. The lowest BCUT2D eigenvalue weighted by atomic mass is 10.1. The zero-order chi connectivity index (χ0) is 19.6. The van der Waals surface area contributed by atoms with Crippen molar-refractivity contribution in [1.29, 1.82) is 0 Å². The lowest BCUT2D eigenvalue weighted by molar-refractivity contribution is -0.149. The molecular formula is C19H27N3O5. The predicted octanol–water partition coefficient (Wildman–Crippen LogP) is 1.49. The van der Waals surface area contributed by atoms with Gasteiger partial charge >= 0.3 is 12.1 Å². The van der Waals surface area contributed by atoms with Crippen LogP contribution in [0.5, 0.6) is 0 Å². The Balaban J connectivity index is 1.96. The number of likely N-dealkylation sites (tertiary alicyclic amines) is 1. The number of amides is 2. The molecule has 8 nitrogen and oxygen atoms in total. The van der Waals surface area contributed by atoms with Gasteiger partial charge in [-0.3, -0.25) is 4.79 Å². The third kappa shape index (κ3) is 6.25. The van der Waals surface area contributed by atoms with Crippen LogP contribution in [0.2, 0.25) is 0 Å². The molecule has 148 valence electrons. The first-order valence-corrected chi connectivity index (χ1v) is 9.23. The molecule has 1 aromatic rings. The fourth-order valence-electron chi connectivity index (χ4n) is 3.14. The minimum atomic E-state index is -1.02. The number of alkyl carbamates (subject to hydrolysis) is 1. The Bertz CT molecular complexity index is 637. The Morgan fingerprint density at radius 2 is 2.00 bits per heavy atom. The summed E-state index contributed by atoms with van der Waals surface area (Å²) in [5.41, 5.74) is 6.34. The molecule has 0 aromatic heterocycles. The third-order valence-corrected chi connectivity index (χ3v) is 4.57. The summed E-state index contributed by atoms with van der Waals surface area (Å²) in [7, 11) is 0. The summed E-state index contributed by atoms with van der Waals surface area (Å²) in [5.74, 6) is -1.40. The minimum Gasteiger partial charge on any atom is -0.480 e. The molecule has 1 aliphatic rings. The largest absolute Gasteiger partial charge is 0.480 e. The van der Waals surface area contributed by atoms with E-state index in [1.165, 1.54) is 4.90 Å². The van der Waals surface area contributed by atoms with Crippen molar-refractivity contribution in [1.82, 2.24) is 10.2 Å². The summed E-state index contributed by atoms with van der Waals surface area (Å²) in [4.78, 5) is 37.7. The number of carbonyl (C=O) groups excluding carboxylic acids is 2. The maximum atomic E-state index is 12.8. The van der Waals surface area contributed by atoms with Gasteiger partial charge in [-0.2, -0.15) is 0 Å². The van der Waals surface area contributed by atoms with E-state index in [1.807, 2.05) is 30.3 Å². The van der Waals surface area contributed by atoms with Gasteiger partial charge in [-0.25, -0.2) is 9.59 Å². The summed E-state index contributed by atoms with van der Waals surface area (Å²) < 4.78 is 5.19. The van der Waals surface area contributed by atoms with Crippen molar-refractivity contribution >= 4 is 18.0 Å². The zero-order valence-corrected chi connectivity index (χ0v) is 15.3. The van der Waals surface area contributed by atoms with Crippen LogP contribution in [0.4, 0.5) is 4.79 Å². The first kappa shape index (κ1) is 20.7. The number of aliphatic carboxylic acids is 1. The van der Waals surface area contributed by atoms with Crippen molar-refractivity contribution in [3.63, 3.8) is 0 Å². The molecule has 0 bridgehead atoms. The van der Waals surface area contributed by atoms with Crippen LogP contribution in [0.3, 0.4) is 0 Å². The number of nitrogens with two attached hydrogens (primary N) is 1. The highest BCUT2D eigenvalue weighted by Gasteiger charge is 2.37. The Morgan fingerprint density at radius 1 is 1.26 bits per heavy atom. The minimum absolute atomic E-state index is 0.0951. The first-order chi connectivity index (χ1) is 13.0. The normalized spacial score (nSPS) is 17.4. The van der Waals surface area contributed by atoms with E-state index >= 15 is 0 Å². The molecule has 0 aliphatic carbocycles. The van der Waals surface area contributed by atoms with E-state index in [0.29, 0.717) is 45.2 Å². The molecular weight excluding hydrogens is 350 g/mol. The monoisotopic (exact) mass is 377 g/mol. The van der Waals surface area contributed by atoms with Crippen molar-refractivity contribution in [3.05, 3.63) is 35.9 Å². The van der Waals surface area contributed by atoms with E-state index in [-0.39, 0.29) is 12.5 Å². The molecule has 0 saturated carbocycles. The number of hydrogen-bond acceptors (Lipinski definition) is 5. The molecule has 1 fully saturated rings. The predicted molar refractivity (Wildman–Crippen MR) is 98.8 cm³/mol. The number of rotatable bonds is 9. The molecule has 4 N–H and O–H groups in total. The summed E-state index contributed by atoms with van der Waals surface area (Å²) >= 11 is 0. The van der Waals surface area contributed by atoms with E-state index in [9.17, 15) is 19.5 Å². The SMILES string of the molecule is NCCCC[C@H](NC(=O)OCc1ccccc1)C(=O)N1CCC[C@H]1C(=O)O. The third-order valence-electron chi connectivity index (χ3n) is 4.57. The number of unbranched alkanes of at least 4 members (excludes halogenated alkanes) is 1. The molecule has 0 unspecified atom stereocenters. The van der Waals surface area contributed by atoms with Crippen LogP contribution >= 0.6 is 0 Å². The van der Waals surface area contributed by atoms with Crippen LogP contribution < -0.4 is 11.1 Å². The van der Waals surface area contributed by atoms with Crippen LogP contribution in [0.25, 0.3) is 0 Å². The smallest absolute Gasteiger partial charge is 0.408 e. The number of carboxylic acid groups (broad SMARTS) is 1. The number of carboxylic acids is 1. The van der Waals surface area contributed by atoms with Crippen LogP contribution in [0, 0.1) is 0 Å². The quantitative estimate of drug-likeness (QED) is 0.561. The van der Waals surface area contributed by atoms with Crippen molar-refractivity contribution in [2.75, 3.05) is 13.1 Å². The van der Waals surface area contributed by atoms with E-state index in [1.54, 1.807) is 0 Å². The van der Waals surface area contributed by atoms with Crippen molar-refractivity contribution in [2.45, 2.75) is 50.8 Å². The van der Waals surface area contributed by atoms with Crippen LogP contribution in [-0.4, -0.2) is 53.1 Å². The molecule has 1 aliphatic heterocycles. The van der Waals surface area contributed by atoms with Crippen molar-refractivity contribution < 1.29 is 24.2 Å². The molecule has 1 aromatic carbocycles. The van der Waals surface area contributed by atoms with E-state index in [2.05, 4.69) is 5.32 Å². The van der Waals surface area contributed by atoms with Gasteiger partial charge in [0.15, 0.2) is 0 Å². The van der Waals surface area contributed by atoms with Gasteiger partial charge in [0.1, 0.15) is 18.7 Å². The second-order valence-electron chi connectivity index (χ2n) is 6.57. The average molecular weight is 377 g/mol. The van der Waals surface area contributed by atoms with Crippen molar-refractivity contribution in [2.24, 2.45) is 5.73 Å². The molecule has 0 radical (unpaired) electrons. The van der Waals surface area contributed by atoms with Gasteiger partial charge < -0.3 is 25.8 Å². The summed E-state index contributed by atoms with van der Waals surface area (Å²) in [6, 6.07) is 7.56. The summed E-state index contributed by atoms with van der Waals surface area (Å²) in [6.07, 6.45) is 2.12. The Labute approximate surface area is 158 Å². The van der Waals surface area contributed by atoms with Crippen molar-refractivity contribution in [3.8, 4) is 0 Å². The highest BCUT2D eigenvalue weighted by atomic mass is 16.5. The number of hydrogen-bond donors (Lipinski definition) is 3. The van der Waals surface area contributed by atoms with Gasteiger partial charge in [-0.15, -0.1) is 0 Å². The van der Waals surface area contributed by atoms with Gasteiger partial charge in [0.25, 0.3) is 0 Å². The average Bonchev–Trinajstić information content (AvgIpc) is 3.16. The first-order valence-electron chi connectivity index (χ1n) is 9.23. The van der Waals surface area contributed by atoms with Crippen LogP contribution in [0.15, 0.2) is 30.3 Å². The Hall–Kier alpha value is -2.61. The number of carbonyl (C=O) groups is 3. The fourth-order valence-corrected chi connectivity index (χ4v) is 3.14. The van der Waals surface area contributed by atoms with Gasteiger partial charge in [0.05, 0.1) is 0 Å². The maximum absolute atomic E-state index is 12.8. The fraction of sp³-hybridized carbons (Fsp3) is 0.526. The lowest BCUT2D eigenvalue weighted by Gasteiger charge is -2.27. The summed E-state index contributed by atoms with van der Waals surface area (Å²) in [6.45, 7) is 0.961. The highest BCUT2D eigenvalue weighted by molar-refractivity contribution is 5.89. The number of ether oxygens (including phenoxy) is 1. The standard InChI is InChI=1S/C19H27N3O5/c20-11-5-4-9-15(17(23)22-12-6-10-16(22)18(24)25)21-19(26)27-13-14-7-2-1-3-8-14/h1-3,7-8,15-16H,4-6,9-13,20H2,(H,21,26)(H,24,25)/t15-,16-/m0/s1. The molecule has 1 saturated heterocycles. The molecule has 2 amide bonds. The van der Waals surface area contributed by atoms with E-state index in [0.717, 1.165) is 5.56 Å². The molecule has 1 heterocycles. The Kier molecular flexibility index (Phi) is 8.06. The van der Waals surface area contributed by atoms with Gasteiger partial charge in [-0.1, -0.05) is 30.3 Å². The number of nitrogens with one attached hydrogen (secondary N) is 1. The second-order valence-corrected chi connectivity index (χ2v) is 6.57. The van der Waals surface area contributed by atoms with Gasteiger partial charge in [0, 0.05) is 6.54 Å². The zero-order valence-electron chi connectivity index (χ0n) is 15.3. The molecule has 2 rings (SSSR count). The lowest BCUT2D eigenvalue weighted by Crippen LogP contribution is -2.51. The van der Waals surface area contributed by atoms with Gasteiger partial charge in [-0.05, 0) is 44.2 Å². The number of benzene rings is 1. The molecule has 8 heteroatoms. The molecule has 0 spiro atoms. The summed E-state index contributed by atoms with van der Waals surface area (Å²) in [5, 5.41) is 11.9. The molecule has 2 atom stereocenters. The van der Waals surface area contributed by atoms with Crippen LogP contribution in [0.1, 0.15) is 37.7 Å². The number of nitrogens with zero attached hydrogens (tertiary/aromatic N) is 1. The van der Waals surface area contributed by atoms with Gasteiger partial charge in [0.2, 0.25) is 5.91 Å². The van der Waals surface area contributed by atoms with Crippen LogP contribution in [-0.2, 0) is 20.9 Å². The second kappa shape index (κ2) is 10.5. The highest BCUT2D eigenvalue weighted by Crippen LogP contribution is 2.20. The maximum Gasteiger partial charge on any atom is 0.408 e. The topological polar surface area (TPSA) is 122 Å². The van der Waals surface area contributed by atoms with E-state index < -0.39 is 24.1 Å². The molecule has 27 heavy (non-hydrogen) atoms.